The molecule has 0 saturated carbocycles. The minimum absolute atomic E-state index is 0.0594. The highest BCUT2D eigenvalue weighted by Gasteiger charge is 2.11. The van der Waals surface area contributed by atoms with E-state index in [-0.39, 0.29) is 6.04 Å². The van der Waals surface area contributed by atoms with Gasteiger partial charge in [0.25, 0.3) is 0 Å². The van der Waals surface area contributed by atoms with Crippen molar-refractivity contribution in [3.05, 3.63) is 23.8 Å². The summed E-state index contributed by atoms with van der Waals surface area (Å²) in [5.74, 6) is 1.52. The zero-order valence-corrected chi connectivity index (χ0v) is 11.2. The Morgan fingerprint density at radius 2 is 1.72 bits per heavy atom. The largest absolute Gasteiger partial charge is 0.497 e. The second kappa shape index (κ2) is 7.92. The maximum Gasteiger partial charge on any atom is 0.122 e. The third-order valence-electron chi connectivity index (χ3n) is 2.71. The molecule has 0 aliphatic rings. The molecule has 0 aliphatic carbocycles. The highest BCUT2D eigenvalue weighted by Crippen LogP contribution is 2.26. The van der Waals surface area contributed by atoms with Gasteiger partial charge in [0.1, 0.15) is 11.5 Å². The molecule has 1 atom stereocenters. The average Bonchev–Trinajstić information content (AvgIpc) is 2.43. The average molecular weight is 254 g/mol. The van der Waals surface area contributed by atoms with Crippen LogP contribution in [0.4, 0.5) is 0 Å². The summed E-state index contributed by atoms with van der Waals surface area (Å²) in [5.41, 5.74) is 6.83. The summed E-state index contributed by atoms with van der Waals surface area (Å²) in [6.45, 7) is 1.90. The lowest BCUT2D eigenvalue weighted by molar-refractivity contribution is 0.196. The van der Waals surface area contributed by atoms with Crippen LogP contribution in [0, 0.1) is 0 Å². The maximum atomic E-state index is 5.79. The predicted molar refractivity (Wildman–Crippen MR) is 71.2 cm³/mol. The van der Waals surface area contributed by atoms with Crippen molar-refractivity contribution in [1.29, 1.82) is 0 Å². The molecule has 1 rings (SSSR count). The highest BCUT2D eigenvalue weighted by molar-refractivity contribution is 5.40. The van der Waals surface area contributed by atoms with E-state index in [0.29, 0.717) is 13.2 Å². The van der Waals surface area contributed by atoms with Crippen molar-refractivity contribution in [3.63, 3.8) is 0 Å². The first kappa shape index (κ1) is 14.8. The molecule has 0 aliphatic heterocycles. The van der Waals surface area contributed by atoms with E-state index >= 15 is 0 Å². The number of benzene rings is 1. The lowest BCUT2D eigenvalue weighted by atomic mass is 10.1. The van der Waals surface area contributed by atoms with Gasteiger partial charge in [-0.15, -0.1) is 0 Å². The maximum absolute atomic E-state index is 5.79. The van der Waals surface area contributed by atoms with E-state index in [2.05, 4.69) is 5.32 Å². The number of nitrogens with one attached hydrogen (secondary N) is 1. The van der Waals surface area contributed by atoms with Gasteiger partial charge in [-0.1, -0.05) is 0 Å². The van der Waals surface area contributed by atoms with Crippen LogP contribution in [0.3, 0.4) is 0 Å². The normalized spacial score (nSPS) is 12.2. The Bertz CT molecular complexity index is 336. The van der Waals surface area contributed by atoms with Gasteiger partial charge in [-0.25, -0.2) is 0 Å². The van der Waals surface area contributed by atoms with E-state index in [0.717, 1.165) is 23.6 Å². The Labute approximate surface area is 108 Å². The lowest BCUT2D eigenvalue weighted by Crippen LogP contribution is -2.30. The van der Waals surface area contributed by atoms with E-state index in [1.54, 1.807) is 21.3 Å². The minimum Gasteiger partial charge on any atom is -0.497 e. The van der Waals surface area contributed by atoms with E-state index < -0.39 is 0 Å². The number of rotatable bonds is 8. The molecule has 1 unspecified atom stereocenters. The SMILES string of the molecule is COCCNC(CN)c1cc(OC)cc(OC)c1. The van der Waals surface area contributed by atoms with Crippen LogP contribution in [0.25, 0.3) is 0 Å². The first-order chi connectivity index (χ1) is 8.74. The predicted octanol–water partition coefficient (Wildman–Crippen LogP) is 0.940. The molecule has 5 nitrogen and oxygen atoms in total. The fourth-order valence-corrected chi connectivity index (χ4v) is 1.70. The van der Waals surface area contributed by atoms with Crippen molar-refractivity contribution in [2.75, 3.05) is 41.0 Å². The van der Waals surface area contributed by atoms with E-state index in [1.807, 2.05) is 18.2 Å². The summed E-state index contributed by atoms with van der Waals surface area (Å²) in [4.78, 5) is 0. The summed E-state index contributed by atoms with van der Waals surface area (Å²) in [5, 5.41) is 3.33. The van der Waals surface area contributed by atoms with Crippen LogP contribution in [0.15, 0.2) is 18.2 Å². The van der Waals surface area contributed by atoms with Gasteiger partial charge < -0.3 is 25.3 Å². The van der Waals surface area contributed by atoms with Crippen molar-refractivity contribution in [2.24, 2.45) is 5.73 Å². The van der Waals surface area contributed by atoms with Gasteiger partial charge >= 0.3 is 0 Å². The van der Waals surface area contributed by atoms with Crippen LogP contribution in [0.1, 0.15) is 11.6 Å². The molecule has 0 amide bonds. The van der Waals surface area contributed by atoms with Crippen LogP contribution in [-0.2, 0) is 4.74 Å². The van der Waals surface area contributed by atoms with Gasteiger partial charge in [-0.3, -0.25) is 0 Å². The van der Waals surface area contributed by atoms with Crippen molar-refractivity contribution in [2.45, 2.75) is 6.04 Å². The van der Waals surface area contributed by atoms with Gasteiger partial charge in [0.05, 0.1) is 20.8 Å². The van der Waals surface area contributed by atoms with Crippen LogP contribution >= 0.6 is 0 Å². The van der Waals surface area contributed by atoms with E-state index in [1.165, 1.54) is 0 Å². The monoisotopic (exact) mass is 254 g/mol. The molecule has 18 heavy (non-hydrogen) atoms. The minimum atomic E-state index is 0.0594. The van der Waals surface area contributed by atoms with Gasteiger partial charge in [0.15, 0.2) is 0 Å². The van der Waals surface area contributed by atoms with Crippen molar-refractivity contribution in [3.8, 4) is 11.5 Å². The zero-order valence-electron chi connectivity index (χ0n) is 11.2. The summed E-state index contributed by atoms with van der Waals surface area (Å²) in [6.07, 6.45) is 0. The van der Waals surface area contributed by atoms with Crippen molar-refractivity contribution >= 4 is 0 Å². The second-order valence-corrected chi connectivity index (χ2v) is 3.88. The third-order valence-corrected chi connectivity index (χ3v) is 2.71. The van der Waals surface area contributed by atoms with Crippen LogP contribution in [0.5, 0.6) is 11.5 Å². The quantitative estimate of drug-likeness (QED) is 0.676. The molecular formula is C13H22N2O3. The topological polar surface area (TPSA) is 65.7 Å². The number of hydrogen-bond donors (Lipinski definition) is 2. The fraction of sp³-hybridized carbons (Fsp3) is 0.538. The first-order valence-electron chi connectivity index (χ1n) is 5.90. The lowest BCUT2D eigenvalue weighted by Gasteiger charge is -2.18. The Hall–Kier alpha value is -1.30. The van der Waals surface area contributed by atoms with E-state index in [4.69, 9.17) is 19.9 Å². The molecule has 0 saturated heterocycles. The summed E-state index contributed by atoms with van der Waals surface area (Å²) in [7, 11) is 4.94. The second-order valence-electron chi connectivity index (χ2n) is 3.88. The number of methoxy groups -OCH3 is 3. The Morgan fingerprint density at radius 1 is 1.11 bits per heavy atom. The molecule has 102 valence electrons. The first-order valence-corrected chi connectivity index (χ1v) is 5.90. The molecule has 0 aromatic heterocycles. The van der Waals surface area contributed by atoms with Crippen LogP contribution < -0.4 is 20.5 Å². The fourth-order valence-electron chi connectivity index (χ4n) is 1.70. The Morgan fingerprint density at radius 3 is 2.17 bits per heavy atom. The summed E-state index contributed by atoms with van der Waals surface area (Å²) >= 11 is 0. The molecular weight excluding hydrogens is 232 g/mol. The number of nitrogens with two attached hydrogens (primary N) is 1. The van der Waals surface area contributed by atoms with Crippen LogP contribution in [-0.4, -0.2) is 41.0 Å². The summed E-state index contributed by atoms with van der Waals surface area (Å²) < 4.78 is 15.5. The van der Waals surface area contributed by atoms with Gasteiger partial charge in [0, 0.05) is 32.3 Å². The van der Waals surface area contributed by atoms with Gasteiger partial charge in [-0.2, -0.15) is 0 Å². The molecule has 3 N–H and O–H groups in total. The molecule has 5 heteroatoms. The number of hydrogen-bond acceptors (Lipinski definition) is 5. The van der Waals surface area contributed by atoms with Crippen molar-refractivity contribution in [1.82, 2.24) is 5.32 Å². The molecule has 0 radical (unpaired) electrons. The van der Waals surface area contributed by atoms with Crippen LogP contribution in [0.2, 0.25) is 0 Å². The molecule has 0 bridgehead atoms. The Balaban J connectivity index is 2.83. The standard InChI is InChI=1S/C13H22N2O3/c1-16-5-4-15-13(9-14)10-6-11(17-2)8-12(7-10)18-3/h6-8,13,15H,4-5,9,14H2,1-3H3. The van der Waals surface area contributed by atoms with E-state index in [9.17, 15) is 0 Å². The zero-order chi connectivity index (χ0) is 13.4. The molecule has 1 aromatic rings. The Kier molecular flexibility index (Phi) is 6.49. The molecule has 0 heterocycles. The van der Waals surface area contributed by atoms with Crippen molar-refractivity contribution < 1.29 is 14.2 Å². The summed E-state index contributed by atoms with van der Waals surface area (Å²) in [6, 6.07) is 5.82. The third kappa shape index (κ3) is 4.18. The highest BCUT2D eigenvalue weighted by atomic mass is 16.5. The molecule has 0 spiro atoms. The van der Waals surface area contributed by atoms with Gasteiger partial charge in [0.2, 0.25) is 0 Å². The van der Waals surface area contributed by atoms with Gasteiger partial charge in [-0.05, 0) is 17.7 Å². The smallest absolute Gasteiger partial charge is 0.122 e. The molecule has 0 fully saturated rings. The number of ether oxygens (including phenoxy) is 3. The molecule has 1 aromatic carbocycles.